The molecule has 1 N–H and O–H groups in total. The first kappa shape index (κ1) is 25.4. The highest BCUT2D eigenvalue weighted by atomic mass is 19.1. The van der Waals surface area contributed by atoms with Gasteiger partial charge < -0.3 is 24.1 Å². The van der Waals surface area contributed by atoms with Crippen molar-refractivity contribution < 1.29 is 38.0 Å². The fourth-order valence-electron chi connectivity index (χ4n) is 4.66. The van der Waals surface area contributed by atoms with Gasteiger partial charge in [0.25, 0.3) is 0 Å². The average molecular weight is 497 g/mol. The van der Waals surface area contributed by atoms with Crippen molar-refractivity contribution in [1.82, 2.24) is 0 Å². The van der Waals surface area contributed by atoms with Gasteiger partial charge in [-0.05, 0) is 36.5 Å². The zero-order chi connectivity index (χ0) is 25.7. The predicted molar refractivity (Wildman–Crippen MR) is 131 cm³/mol. The van der Waals surface area contributed by atoms with Gasteiger partial charge in [-0.1, -0.05) is 42.5 Å². The number of halogens is 1. The highest BCUT2D eigenvalue weighted by molar-refractivity contribution is 5.91. The fourth-order valence-corrected chi connectivity index (χ4v) is 4.66. The lowest BCUT2D eigenvalue weighted by Gasteiger charge is -2.29. The van der Waals surface area contributed by atoms with Crippen LogP contribution in [0.5, 0.6) is 11.5 Å². The molecule has 8 heteroatoms. The van der Waals surface area contributed by atoms with Crippen LogP contribution in [0.1, 0.15) is 47.7 Å². The van der Waals surface area contributed by atoms with E-state index in [2.05, 4.69) is 0 Å². The molecule has 190 valence electrons. The molecule has 0 amide bonds. The summed E-state index contributed by atoms with van der Waals surface area (Å²) in [5, 5.41) is 11.4. The molecule has 1 saturated carbocycles. The summed E-state index contributed by atoms with van der Waals surface area (Å²) in [5.41, 5.74) is 0.716. The summed E-state index contributed by atoms with van der Waals surface area (Å²) in [6.07, 6.45) is 1.18. The second kappa shape index (κ2) is 11.4. The molecule has 0 radical (unpaired) electrons. The van der Waals surface area contributed by atoms with E-state index in [1.807, 2.05) is 42.5 Å². The van der Waals surface area contributed by atoms with E-state index >= 15 is 0 Å². The quantitative estimate of drug-likeness (QED) is 0.388. The van der Waals surface area contributed by atoms with Crippen LogP contribution in [-0.4, -0.2) is 44.0 Å². The summed E-state index contributed by atoms with van der Waals surface area (Å²) < 4.78 is 36.4. The number of fused-ring (bicyclic) bond motifs is 1. The van der Waals surface area contributed by atoms with Crippen molar-refractivity contribution in [3.8, 4) is 11.5 Å². The van der Waals surface area contributed by atoms with Crippen molar-refractivity contribution in [2.75, 3.05) is 20.8 Å². The number of hydrogen-bond donors (Lipinski definition) is 1. The van der Waals surface area contributed by atoms with Crippen LogP contribution in [0.2, 0.25) is 0 Å². The number of ether oxygens (including phenoxy) is 4. The Morgan fingerprint density at radius 2 is 1.72 bits per heavy atom. The van der Waals surface area contributed by atoms with E-state index in [0.717, 1.165) is 28.5 Å². The van der Waals surface area contributed by atoms with Gasteiger partial charge in [0.1, 0.15) is 11.3 Å². The van der Waals surface area contributed by atoms with Crippen LogP contribution in [0.4, 0.5) is 4.39 Å². The zero-order valence-electron chi connectivity index (χ0n) is 20.2. The van der Waals surface area contributed by atoms with Crippen molar-refractivity contribution in [3.05, 3.63) is 71.5 Å². The molecular formula is C28H29FO7. The van der Waals surface area contributed by atoms with E-state index < -0.39 is 17.9 Å². The van der Waals surface area contributed by atoms with E-state index in [1.165, 1.54) is 7.11 Å². The zero-order valence-corrected chi connectivity index (χ0v) is 20.2. The molecule has 0 bridgehead atoms. The number of methoxy groups -OCH3 is 2. The Kier molecular flexibility index (Phi) is 8.05. The maximum atomic E-state index is 14.4. The standard InChI is InChI=1S/C28H29FO7/c1-33-16-26(21-9-5-7-17-6-3-4-8-20(17)21)36-28(32)18-10-12-19(13-11-18)35-25-14-22(27(30)31)24(34-2)15-23(25)29/h3-9,14-15,18-19,26H,10-13,16H2,1-2H3,(H,30,31). The van der Waals surface area contributed by atoms with Crippen LogP contribution in [0.25, 0.3) is 10.8 Å². The molecule has 4 rings (SSSR count). The molecule has 0 aliphatic heterocycles. The largest absolute Gasteiger partial charge is 0.496 e. The first-order valence-corrected chi connectivity index (χ1v) is 11.9. The molecule has 0 spiro atoms. The van der Waals surface area contributed by atoms with Crippen molar-refractivity contribution in [2.45, 2.75) is 37.9 Å². The highest BCUT2D eigenvalue weighted by Gasteiger charge is 2.31. The van der Waals surface area contributed by atoms with Crippen LogP contribution >= 0.6 is 0 Å². The minimum atomic E-state index is -1.24. The molecule has 1 fully saturated rings. The maximum absolute atomic E-state index is 14.4. The van der Waals surface area contributed by atoms with Gasteiger partial charge in [0.2, 0.25) is 0 Å². The van der Waals surface area contributed by atoms with Crippen LogP contribution < -0.4 is 9.47 Å². The lowest BCUT2D eigenvalue weighted by Crippen LogP contribution is -2.30. The molecule has 0 heterocycles. The van der Waals surface area contributed by atoms with Gasteiger partial charge in [-0.2, -0.15) is 0 Å². The van der Waals surface area contributed by atoms with Gasteiger partial charge >= 0.3 is 11.9 Å². The van der Waals surface area contributed by atoms with E-state index in [-0.39, 0.29) is 41.7 Å². The lowest BCUT2D eigenvalue weighted by molar-refractivity contribution is -0.158. The number of benzene rings is 3. The molecule has 3 aromatic rings. The second-order valence-electron chi connectivity index (χ2n) is 8.83. The molecule has 0 saturated heterocycles. The molecule has 1 atom stereocenters. The first-order chi connectivity index (χ1) is 17.4. The fraction of sp³-hybridized carbons (Fsp3) is 0.357. The molecule has 36 heavy (non-hydrogen) atoms. The van der Waals surface area contributed by atoms with Gasteiger partial charge in [0, 0.05) is 24.8 Å². The number of esters is 1. The van der Waals surface area contributed by atoms with Crippen molar-refractivity contribution in [2.24, 2.45) is 5.92 Å². The van der Waals surface area contributed by atoms with E-state index in [0.29, 0.717) is 25.7 Å². The predicted octanol–water partition coefficient (Wildman–Crippen LogP) is 5.55. The van der Waals surface area contributed by atoms with E-state index in [4.69, 9.17) is 18.9 Å². The third-order valence-electron chi connectivity index (χ3n) is 6.53. The Hall–Kier alpha value is -3.65. The lowest BCUT2D eigenvalue weighted by atomic mass is 9.87. The Balaban J connectivity index is 1.40. The summed E-state index contributed by atoms with van der Waals surface area (Å²) >= 11 is 0. The van der Waals surface area contributed by atoms with Gasteiger partial charge in [-0.15, -0.1) is 0 Å². The molecule has 1 aliphatic rings. The van der Waals surface area contributed by atoms with Crippen molar-refractivity contribution >= 4 is 22.7 Å². The monoisotopic (exact) mass is 496 g/mol. The highest BCUT2D eigenvalue weighted by Crippen LogP contribution is 2.34. The number of carbonyl (C=O) groups is 2. The maximum Gasteiger partial charge on any atom is 0.339 e. The van der Waals surface area contributed by atoms with Gasteiger partial charge in [0.15, 0.2) is 17.7 Å². The Morgan fingerprint density at radius 1 is 1.00 bits per heavy atom. The molecule has 1 unspecified atom stereocenters. The van der Waals surface area contributed by atoms with E-state index in [1.54, 1.807) is 7.11 Å². The van der Waals surface area contributed by atoms with Crippen molar-refractivity contribution in [1.29, 1.82) is 0 Å². The van der Waals surface area contributed by atoms with Gasteiger partial charge in [0.05, 0.1) is 25.7 Å². The van der Waals surface area contributed by atoms with Crippen LogP contribution in [0, 0.1) is 11.7 Å². The van der Waals surface area contributed by atoms with Crippen molar-refractivity contribution in [3.63, 3.8) is 0 Å². The van der Waals surface area contributed by atoms with Crippen LogP contribution in [0.15, 0.2) is 54.6 Å². The number of carboxylic acid groups (broad SMARTS) is 1. The number of aromatic carboxylic acids is 1. The van der Waals surface area contributed by atoms with Crippen LogP contribution in [-0.2, 0) is 14.3 Å². The normalized spacial score (nSPS) is 18.4. The summed E-state index contributed by atoms with van der Waals surface area (Å²) in [6.45, 7) is 0.237. The number of carbonyl (C=O) groups excluding carboxylic acids is 1. The Morgan fingerprint density at radius 3 is 2.42 bits per heavy atom. The van der Waals surface area contributed by atoms with Crippen LogP contribution in [0.3, 0.4) is 0 Å². The molecule has 7 nitrogen and oxygen atoms in total. The number of hydrogen-bond acceptors (Lipinski definition) is 6. The first-order valence-electron chi connectivity index (χ1n) is 11.9. The Bertz CT molecular complexity index is 1230. The summed E-state index contributed by atoms with van der Waals surface area (Å²) in [6, 6.07) is 15.9. The minimum absolute atomic E-state index is 0.0735. The number of carboxylic acids is 1. The topological polar surface area (TPSA) is 91.3 Å². The number of rotatable bonds is 9. The van der Waals surface area contributed by atoms with Gasteiger partial charge in [-0.25, -0.2) is 9.18 Å². The Labute approximate surface area is 208 Å². The minimum Gasteiger partial charge on any atom is -0.496 e. The molecular weight excluding hydrogens is 467 g/mol. The smallest absolute Gasteiger partial charge is 0.339 e. The summed E-state index contributed by atoms with van der Waals surface area (Å²) in [7, 11) is 2.85. The summed E-state index contributed by atoms with van der Waals surface area (Å²) in [5.74, 6) is -2.76. The second-order valence-corrected chi connectivity index (χ2v) is 8.83. The molecule has 3 aromatic carbocycles. The van der Waals surface area contributed by atoms with Gasteiger partial charge in [-0.3, -0.25) is 4.79 Å². The molecule has 1 aliphatic carbocycles. The third kappa shape index (κ3) is 5.60. The SMILES string of the molecule is COCC(OC(=O)C1CCC(Oc2cc(C(=O)O)c(OC)cc2F)CC1)c1cccc2ccccc12. The third-order valence-corrected chi connectivity index (χ3v) is 6.53. The summed E-state index contributed by atoms with van der Waals surface area (Å²) in [4.78, 5) is 24.5. The van der Waals surface area contributed by atoms with E-state index in [9.17, 15) is 19.1 Å². The molecule has 0 aromatic heterocycles. The average Bonchev–Trinajstić information content (AvgIpc) is 2.89.